The number of aromatic amines is 1. The van der Waals surface area contributed by atoms with E-state index >= 15 is 0 Å². The first-order chi connectivity index (χ1) is 18.7. The molecule has 0 aliphatic heterocycles. The molecule has 0 spiro atoms. The Morgan fingerprint density at radius 1 is 0.500 bits per heavy atom. The van der Waals surface area contributed by atoms with Gasteiger partial charge in [0.2, 0.25) is 0 Å². The minimum absolute atomic E-state index is 0.619. The SMILES string of the molecule is CCCCCCCCCCCCCCCCCCC(CCCCCCCC)c1[nH]cc[n+]1C(C)CCCC. The lowest BCUT2D eigenvalue weighted by molar-refractivity contribution is -0.727. The molecule has 0 aliphatic rings. The van der Waals surface area contributed by atoms with Crippen LogP contribution in [0.4, 0.5) is 0 Å². The minimum Gasteiger partial charge on any atom is -0.247 e. The second-order valence-electron chi connectivity index (χ2n) is 12.6. The summed E-state index contributed by atoms with van der Waals surface area (Å²) >= 11 is 0. The molecule has 0 amide bonds. The third-order valence-electron chi connectivity index (χ3n) is 8.89. The molecule has 1 heterocycles. The monoisotopic (exact) mass is 532 g/mol. The number of imidazole rings is 1. The summed E-state index contributed by atoms with van der Waals surface area (Å²) in [4.78, 5) is 3.69. The largest absolute Gasteiger partial charge is 0.257 e. The Kier molecular flexibility index (Phi) is 24.5. The first-order valence-electron chi connectivity index (χ1n) is 17.8. The highest BCUT2D eigenvalue weighted by Crippen LogP contribution is 2.27. The summed E-state index contributed by atoms with van der Waals surface area (Å²) in [5.41, 5.74) is 0. The van der Waals surface area contributed by atoms with Gasteiger partial charge in [-0.2, -0.15) is 0 Å². The van der Waals surface area contributed by atoms with Crippen molar-refractivity contribution in [2.24, 2.45) is 0 Å². The zero-order chi connectivity index (χ0) is 27.5. The zero-order valence-electron chi connectivity index (χ0n) is 26.8. The molecule has 2 heteroatoms. The van der Waals surface area contributed by atoms with E-state index in [9.17, 15) is 0 Å². The summed E-state index contributed by atoms with van der Waals surface area (Å²) in [6, 6.07) is 0.619. The minimum atomic E-state index is 0.619. The maximum Gasteiger partial charge on any atom is 0.257 e. The summed E-state index contributed by atoms with van der Waals surface area (Å²) < 4.78 is 2.59. The molecule has 1 aromatic heterocycles. The van der Waals surface area contributed by atoms with Crippen molar-refractivity contribution in [1.82, 2.24) is 4.98 Å². The maximum atomic E-state index is 3.69. The van der Waals surface area contributed by atoms with Gasteiger partial charge in [0.25, 0.3) is 5.82 Å². The van der Waals surface area contributed by atoms with Crippen LogP contribution in [0.2, 0.25) is 0 Å². The van der Waals surface area contributed by atoms with Crippen LogP contribution in [0.5, 0.6) is 0 Å². The number of unbranched alkanes of at least 4 members (excludes halogenated alkanes) is 21. The van der Waals surface area contributed by atoms with Gasteiger partial charge >= 0.3 is 0 Å². The molecule has 0 fully saturated rings. The van der Waals surface area contributed by atoms with Gasteiger partial charge in [-0.1, -0.05) is 168 Å². The highest BCUT2D eigenvalue weighted by molar-refractivity contribution is 4.90. The highest BCUT2D eigenvalue weighted by atomic mass is 15.1. The Hall–Kier alpha value is -0.790. The number of nitrogens with zero attached hydrogens (tertiary/aromatic N) is 1. The van der Waals surface area contributed by atoms with Crippen molar-refractivity contribution in [3.63, 3.8) is 0 Å². The van der Waals surface area contributed by atoms with Crippen LogP contribution in [-0.2, 0) is 0 Å². The Bertz CT molecular complexity index is 592. The number of aromatic nitrogens is 2. The lowest BCUT2D eigenvalue weighted by Gasteiger charge is -2.17. The Morgan fingerprint density at radius 2 is 0.868 bits per heavy atom. The van der Waals surface area contributed by atoms with E-state index in [1.165, 1.54) is 179 Å². The van der Waals surface area contributed by atoms with Gasteiger partial charge in [-0.15, -0.1) is 0 Å². The lowest BCUT2D eigenvalue weighted by Crippen LogP contribution is -2.41. The Morgan fingerprint density at radius 3 is 1.26 bits per heavy atom. The van der Waals surface area contributed by atoms with Crippen molar-refractivity contribution in [3.05, 3.63) is 18.2 Å². The van der Waals surface area contributed by atoms with Crippen molar-refractivity contribution in [2.75, 3.05) is 0 Å². The average molecular weight is 532 g/mol. The van der Waals surface area contributed by atoms with Gasteiger partial charge in [-0.25, -0.2) is 9.55 Å². The molecule has 38 heavy (non-hydrogen) atoms. The molecule has 0 saturated heterocycles. The smallest absolute Gasteiger partial charge is 0.247 e. The van der Waals surface area contributed by atoms with E-state index in [4.69, 9.17) is 0 Å². The van der Waals surface area contributed by atoms with Crippen molar-refractivity contribution in [1.29, 1.82) is 0 Å². The third-order valence-corrected chi connectivity index (χ3v) is 8.89. The van der Waals surface area contributed by atoms with E-state index in [0.29, 0.717) is 12.0 Å². The Balaban J connectivity index is 2.23. The van der Waals surface area contributed by atoms with E-state index in [1.807, 2.05) is 0 Å². The summed E-state index contributed by atoms with van der Waals surface area (Å²) in [7, 11) is 0. The number of H-pyrrole nitrogens is 1. The van der Waals surface area contributed by atoms with Crippen LogP contribution in [0.3, 0.4) is 0 Å². The fourth-order valence-electron chi connectivity index (χ4n) is 6.24. The van der Waals surface area contributed by atoms with Crippen LogP contribution in [0.25, 0.3) is 0 Å². The van der Waals surface area contributed by atoms with Crippen molar-refractivity contribution >= 4 is 0 Å². The van der Waals surface area contributed by atoms with Crippen LogP contribution < -0.4 is 4.57 Å². The van der Waals surface area contributed by atoms with E-state index < -0.39 is 0 Å². The highest BCUT2D eigenvalue weighted by Gasteiger charge is 2.25. The van der Waals surface area contributed by atoms with E-state index in [-0.39, 0.29) is 0 Å². The molecule has 1 N–H and O–H groups in total. The summed E-state index contributed by atoms with van der Waals surface area (Å²) in [6.45, 7) is 9.36. The van der Waals surface area contributed by atoms with Gasteiger partial charge in [-0.05, 0) is 32.6 Å². The molecular formula is C36H71N2+. The van der Waals surface area contributed by atoms with Gasteiger partial charge in [0, 0.05) is 0 Å². The van der Waals surface area contributed by atoms with Gasteiger partial charge in [0.15, 0.2) is 0 Å². The average Bonchev–Trinajstić information content (AvgIpc) is 3.42. The summed E-state index contributed by atoms with van der Waals surface area (Å²) in [5, 5.41) is 0. The van der Waals surface area contributed by atoms with Crippen LogP contribution in [0, 0.1) is 0 Å². The van der Waals surface area contributed by atoms with Crippen molar-refractivity contribution < 1.29 is 4.57 Å². The number of nitrogens with one attached hydrogen (secondary N) is 1. The fraction of sp³-hybridized carbons (Fsp3) is 0.917. The molecule has 1 aromatic rings. The zero-order valence-corrected chi connectivity index (χ0v) is 26.8. The molecule has 1 rings (SSSR count). The molecule has 2 nitrogen and oxygen atoms in total. The standard InChI is InChI=1S/C36H70N2/c1-5-8-11-13-15-16-17-18-19-20-21-22-23-24-26-28-31-35(30-27-25-14-12-9-6-2)36-37-32-33-38(36)34(4)29-10-7-3/h32-35H,5-31H2,1-4H3/p+1. The van der Waals surface area contributed by atoms with Crippen LogP contribution in [0.15, 0.2) is 12.4 Å². The topological polar surface area (TPSA) is 19.7 Å². The predicted molar refractivity (Wildman–Crippen MR) is 170 cm³/mol. The molecular weight excluding hydrogens is 460 g/mol. The van der Waals surface area contributed by atoms with Crippen LogP contribution >= 0.6 is 0 Å². The number of hydrogen-bond donors (Lipinski definition) is 1. The van der Waals surface area contributed by atoms with Gasteiger partial charge in [0.05, 0.1) is 12.0 Å². The van der Waals surface area contributed by atoms with Crippen molar-refractivity contribution in [2.45, 2.75) is 213 Å². The van der Waals surface area contributed by atoms with Gasteiger partial charge in [-0.3, -0.25) is 0 Å². The molecule has 0 aliphatic carbocycles. The molecule has 0 aromatic carbocycles. The van der Waals surface area contributed by atoms with E-state index in [0.717, 1.165) is 0 Å². The second-order valence-corrected chi connectivity index (χ2v) is 12.6. The first kappa shape index (κ1) is 35.2. The third kappa shape index (κ3) is 18.5. The normalized spacial score (nSPS) is 13.3. The summed E-state index contributed by atoms with van der Waals surface area (Å²) in [5.74, 6) is 2.23. The van der Waals surface area contributed by atoms with Gasteiger partial charge in [0.1, 0.15) is 12.4 Å². The van der Waals surface area contributed by atoms with Gasteiger partial charge < -0.3 is 0 Å². The number of rotatable bonds is 29. The molecule has 224 valence electrons. The molecule has 0 saturated carbocycles. The quantitative estimate of drug-likeness (QED) is 0.0783. The molecule has 2 atom stereocenters. The van der Waals surface area contributed by atoms with E-state index in [2.05, 4.69) is 49.6 Å². The first-order valence-corrected chi connectivity index (χ1v) is 17.8. The second kappa shape index (κ2) is 26.4. The fourth-order valence-corrected chi connectivity index (χ4v) is 6.24. The summed E-state index contributed by atoms with van der Waals surface area (Å²) in [6.07, 6.45) is 42.8. The molecule has 0 bridgehead atoms. The Labute approximate surface area is 240 Å². The molecule has 2 unspecified atom stereocenters. The molecule has 0 radical (unpaired) electrons. The maximum absolute atomic E-state index is 3.69. The lowest BCUT2D eigenvalue weighted by atomic mass is 9.93. The van der Waals surface area contributed by atoms with Crippen LogP contribution in [-0.4, -0.2) is 4.98 Å². The van der Waals surface area contributed by atoms with Crippen LogP contribution in [0.1, 0.15) is 219 Å². The number of hydrogen-bond acceptors (Lipinski definition) is 0. The van der Waals surface area contributed by atoms with E-state index in [1.54, 1.807) is 0 Å². The van der Waals surface area contributed by atoms with Crippen molar-refractivity contribution in [3.8, 4) is 0 Å². The predicted octanol–water partition coefficient (Wildman–Crippen LogP) is 12.5.